The van der Waals surface area contributed by atoms with Gasteiger partial charge in [0, 0.05) is 24.5 Å². The Morgan fingerprint density at radius 3 is 2.27 bits per heavy atom. The van der Waals surface area contributed by atoms with E-state index in [1.54, 1.807) is 0 Å². The van der Waals surface area contributed by atoms with E-state index in [1.165, 1.54) is 47.4 Å². The van der Waals surface area contributed by atoms with Crippen LogP contribution in [0.2, 0.25) is 10.0 Å². The Labute approximate surface area is 244 Å². The quantitative estimate of drug-likeness (QED) is 0.262. The van der Waals surface area contributed by atoms with Gasteiger partial charge in [-0.3, -0.25) is 13.9 Å². The summed E-state index contributed by atoms with van der Waals surface area (Å²) in [5.41, 5.74) is 1.42. The molecule has 3 rings (SSSR count). The largest absolute Gasteiger partial charge is 0.354 e. The van der Waals surface area contributed by atoms with Crippen molar-refractivity contribution in [3.63, 3.8) is 0 Å². The molecule has 2 amide bonds. The Kier molecular flexibility index (Phi) is 11.4. The number of hydrogen-bond donors (Lipinski definition) is 1. The molecule has 0 saturated heterocycles. The zero-order valence-electron chi connectivity index (χ0n) is 22.3. The first-order valence-electron chi connectivity index (χ1n) is 12.8. The van der Waals surface area contributed by atoms with Gasteiger partial charge in [-0.1, -0.05) is 79.0 Å². The van der Waals surface area contributed by atoms with E-state index in [0.717, 1.165) is 29.0 Å². The molecule has 0 aliphatic rings. The minimum absolute atomic E-state index is 0.0405. The van der Waals surface area contributed by atoms with Crippen LogP contribution in [0.25, 0.3) is 0 Å². The first-order chi connectivity index (χ1) is 19.0. The molecule has 214 valence electrons. The molecule has 0 heterocycles. The summed E-state index contributed by atoms with van der Waals surface area (Å²) < 4.78 is 40.2. The summed E-state index contributed by atoms with van der Waals surface area (Å²) in [5, 5.41) is 3.23. The maximum Gasteiger partial charge on any atom is 0.244 e. The zero-order chi connectivity index (χ0) is 29.3. The normalized spacial score (nSPS) is 12.0. The van der Waals surface area contributed by atoms with Crippen molar-refractivity contribution < 1.29 is 22.4 Å². The molecule has 7 nitrogen and oxygen atoms in total. The Bertz CT molecular complexity index is 1410. The predicted octanol–water partition coefficient (Wildman–Crippen LogP) is 5.45. The molecule has 1 N–H and O–H groups in total. The van der Waals surface area contributed by atoms with Crippen molar-refractivity contribution in [2.24, 2.45) is 0 Å². The minimum atomic E-state index is -3.99. The Morgan fingerprint density at radius 2 is 1.65 bits per heavy atom. The van der Waals surface area contributed by atoms with Gasteiger partial charge >= 0.3 is 0 Å². The average Bonchev–Trinajstić information content (AvgIpc) is 2.91. The fourth-order valence-corrected chi connectivity index (χ4v) is 5.41. The summed E-state index contributed by atoms with van der Waals surface area (Å²) >= 11 is 12.4. The number of amides is 2. The molecule has 0 fully saturated rings. The van der Waals surface area contributed by atoms with Gasteiger partial charge in [0.2, 0.25) is 21.8 Å². The topological polar surface area (TPSA) is 86.8 Å². The molecular weight excluding hydrogens is 576 g/mol. The Morgan fingerprint density at radius 1 is 0.975 bits per heavy atom. The van der Waals surface area contributed by atoms with Crippen LogP contribution >= 0.6 is 23.2 Å². The van der Waals surface area contributed by atoms with Crippen LogP contribution in [0.5, 0.6) is 0 Å². The Balaban J connectivity index is 2.05. The lowest BCUT2D eigenvalue weighted by molar-refractivity contribution is -0.140. The molecule has 0 spiro atoms. The third kappa shape index (κ3) is 8.94. The van der Waals surface area contributed by atoms with Gasteiger partial charge in [-0.15, -0.1) is 0 Å². The average molecular weight is 609 g/mol. The first kappa shape index (κ1) is 31.4. The predicted molar refractivity (Wildman–Crippen MR) is 157 cm³/mol. The smallest absolute Gasteiger partial charge is 0.244 e. The van der Waals surface area contributed by atoms with Crippen molar-refractivity contribution in [2.75, 3.05) is 23.7 Å². The second-order valence-corrected chi connectivity index (χ2v) is 12.1. The van der Waals surface area contributed by atoms with Crippen LogP contribution in [-0.4, -0.2) is 50.5 Å². The van der Waals surface area contributed by atoms with Crippen LogP contribution in [0, 0.1) is 5.82 Å². The molecule has 0 bridgehead atoms. The summed E-state index contributed by atoms with van der Waals surface area (Å²) in [6.07, 6.45) is 2.76. The zero-order valence-corrected chi connectivity index (χ0v) is 24.6. The summed E-state index contributed by atoms with van der Waals surface area (Å²) in [4.78, 5) is 28.9. The van der Waals surface area contributed by atoms with Gasteiger partial charge < -0.3 is 10.2 Å². The van der Waals surface area contributed by atoms with E-state index in [1.807, 2.05) is 37.3 Å². The molecule has 0 aliphatic heterocycles. The van der Waals surface area contributed by atoms with Crippen LogP contribution in [0.4, 0.5) is 10.1 Å². The van der Waals surface area contributed by atoms with Crippen LogP contribution in [0.15, 0.2) is 72.8 Å². The van der Waals surface area contributed by atoms with Gasteiger partial charge in [0.05, 0.1) is 17.0 Å². The molecule has 0 saturated carbocycles. The van der Waals surface area contributed by atoms with E-state index >= 15 is 0 Å². The molecule has 11 heteroatoms. The number of halogens is 3. The highest BCUT2D eigenvalue weighted by molar-refractivity contribution is 7.92. The maximum atomic E-state index is 14.0. The minimum Gasteiger partial charge on any atom is -0.354 e. The third-order valence-electron chi connectivity index (χ3n) is 6.22. The van der Waals surface area contributed by atoms with Crippen molar-refractivity contribution in [1.82, 2.24) is 10.2 Å². The third-order valence-corrected chi connectivity index (χ3v) is 7.90. The van der Waals surface area contributed by atoms with Gasteiger partial charge in [0.15, 0.2) is 0 Å². The second-order valence-electron chi connectivity index (χ2n) is 9.36. The highest BCUT2D eigenvalue weighted by Gasteiger charge is 2.33. The van der Waals surface area contributed by atoms with Crippen LogP contribution in [0.1, 0.15) is 30.9 Å². The van der Waals surface area contributed by atoms with E-state index < -0.39 is 34.3 Å². The van der Waals surface area contributed by atoms with Crippen LogP contribution in [0.3, 0.4) is 0 Å². The lowest BCUT2D eigenvalue weighted by Crippen LogP contribution is -2.53. The van der Waals surface area contributed by atoms with E-state index in [4.69, 9.17) is 23.2 Å². The molecule has 1 atom stereocenters. The van der Waals surface area contributed by atoms with Crippen molar-refractivity contribution >= 4 is 50.7 Å². The number of benzene rings is 3. The van der Waals surface area contributed by atoms with Gasteiger partial charge in [-0.2, -0.15) is 0 Å². The number of rotatable bonds is 13. The SMILES string of the molecule is CCCCNC(=O)C(Cc1ccccc1)N(Cc1ccc(F)cc1)C(=O)CN(c1cc(Cl)ccc1Cl)S(C)(=O)=O. The number of carbonyl (C=O) groups excluding carboxylic acids is 2. The lowest BCUT2D eigenvalue weighted by Gasteiger charge is -2.33. The molecule has 1 unspecified atom stereocenters. The molecule has 0 radical (unpaired) electrons. The van der Waals surface area contributed by atoms with Gasteiger partial charge in [-0.05, 0) is 47.9 Å². The number of anilines is 1. The highest BCUT2D eigenvalue weighted by atomic mass is 35.5. The summed E-state index contributed by atoms with van der Waals surface area (Å²) in [6.45, 7) is 1.73. The van der Waals surface area contributed by atoms with E-state index in [-0.39, 0.29) is 34.6 Å². The molecule has 0 aromatic heterocycles. The monoisotopic (exact) mass is 607 g/mol. The molecule has 3 aromatic rings. The number of carbonyl (C=O) groups is 2. The first-order valence-corrected chi connectivity index (χ1v) is 15.4. The molecule has 3 aromatic carbocycles. The van der Waals surface area contributed by atoms with Gasteiger partial charge in [0.25, 0.3) is 0 Å². The van der Waals surface area contributed by atoms with E-state index in [2.05, 4.69) is 5.32 Å². The standard InChI is InChI=1S/C29H32Cl2FN3O4S/c1-3-4-16-33-29(37)27(17-21-8-6-5-7-9-21)34(19-22-10-13-24(32)14-11-22)28(36)20-35(40(2,38)39)26-18-23(30)12-15-25(26)31/h5-15,18,27H,3-4,16-17,19-20H2,1-2H3,(H,33,37). The van der Waals surface area contributed by atoms with Crippen LogP contribution in [-0.2, 0) is 32.6 Å². The van der Waals surface area contributed by atoms with Gasteiger partial charge in [0.1, 0.15) is 18.4 Å². The number of nitrogens with one attached hydrogen (secondary N) is 1. The maximum absolute atomic E-state index is 14.0. The summed E-state index contributed by atoms with van der Waals surface area (Å²) in [6, 6.07) is 18.1. The van der Waals surface area contributed by atoms with Crippen molar-refractivity contribution in [1.29, 1.82) is 0 Å². The summed E-state index contributed by atoms with van der Waals surface area (Å²) in [5.74, 6) is -1.46. The van der Waals surface area contributed by atoms with Crippen molar-refractivity contribution in [3.8, 4) is 0 Å². The van der Waals surface area contributed by atoms with Crippen molar-refractivity contribution in [3.05, 3.63) is 99.8 Å². The highest BCUT2D eigenvalue weighted by Crippen LogP contribution is 2.31. The van der Waals surface area contributed by atoms with E-state index in [0.29, 0.717) is 12.1 Å². The second kappa shape index (κ2) is 14.5. The molecular formula is C29H32Cl2FN3O4S. The number of sulfonamides is 1. The van der Waals surface area contributed by atoms with Crippen molar-refractivity contribution in [2.45, 2.75) is 38.8 Å². The Hall–Kier alpha value is -3.14. The van der Waals surface area contributed by atoms with E-state index in [9.17, 15) is 22.4 Å². The van der Waals surface area contributed by atoms with Gasteiger partial charge in [-0.25, -0.2) is 12.8 Å². The fraction of sp³-hybridized carbons (Fsp3) is 0.310. The summed E-state index contributed by atoms with van der Waals surface area (Å²) in [7, 11) is -3.99. The number of nitrogens with zero attached hydrogens (tertiary/aromatic N) is 2. The van der Waals surface area contributed by atoms with Crippen LogP contribution < -0.4 is 9.62 Å². The molecule has 40 heavy (non-hydrogen) atoms. The fourth-order valence-electron chi connectivity index (χ4n) is 4.12. The molecule has 0 aliphatic carbocycles. The number of unbranched alkanes of at least 4 members (excludes halogenated alkanes) is 1. The lowest BCUT2D eigenvalue weighted by atomic mass is 10.0. The number of hydrogen-bond acceptors (Lipinski definition) is 4.